The summed E-state index contributed by atoms with van der Waals surface area (Å²) in [4.78, 5) is 43.8. The summed E-state index contributed by atoms with van der Waals surface area (Å²) in [5.41, 5.74) is 2.70. The highest BCUT2D eigenvalue weighted by Gasteiger charge is 2.33. The van der Waals surface area contributed by atoms with E-state index < -0.39 is 6.04 Å². The summed E-state index contributed by atoms with van der Waals surface area (Å²) in [5.74, 6) is 0.116. The Morgan fingerprint density at radius 3 is 2.74 bits per heavy atom. The maximum absolute atomic E-state index is 12.9. The number of fused-ring (bicyclic) bond motifs is 1. The van der Waals surface area contributed by atoms with Crippen molar-refractivity contribution in [3.05, 3.63) is 83.7 Å². The van der Waals surface area contributed by atoms with E-state index in [0.29, 0.717) is 22.7 Å². The minimum absolute atomic E-state index is 0.151. The van der Waals surface area contributed by atoms with Gasteiger partial charge in [0.2, 0.25) is 5.91 Å². The summed E-state index contributed by atoms with van der Waals surface area (Å²) in [7, 11) is 0. The number of aromatic nitrogens is 1. The lowest BCUT2D eigenvalue weighted by molar-refractivity contribution is -0.127. The molecule has 1 aromatic heterocycles. The highest BCUT2D eigenvalue weighted by molar-refractivity contribution is 6.05. The summed E-state index contributed by atoms with van der Waals surface area (Å²) in [6.45, 7) is 3.65. The van der Waals surface area contributed by atoms with Gasteiger partial charge in [0.05, 0.1) is 5.69 Å². The largest absolute Gasteiger partial charge is 0.485 e. The molecule has 0 radical (unpaired) electrons. The fourth-order valence-electron chi connectivity index (χ4n) is 3.81. The predicted molar refractivity (Wildman–Crippen MR) is 131 cm³/mol. The van der Waals surface area contributed by atoms with E-state index in [1.165, 1.54) is 4.90 Å². The number of ether oxygens (including phenoxy) is 2. The van der Waals surface area contributed by atoms with Crippen LogP contribution in [0.25, 0.3) is 0 Å². The summed E-state index contributed by atoms with van der Waals surface area (Å²) < 4.78 is 11.2. The van der Waals surface area contributed by atoms with Crippen molar-refractivity contribution in [1.82, 2.24) is 10.3 Å². The molecule has 0 saturated carbocycles. The Hall–Kier alpha value is -4.20. The molecule has 1 aliphatic heterocycles. The molecular formula is C27H27N3O5. The number of hydrogen-bond acceptors (Lipinski definition) is 6. The molecule has 1 atom stereocenters. The van der Waals surface area contributed by atoms with Crippen LogP contribution in [0.2, 0.25) is 0 Å². The number of nitrogens with zero attached hydrogens (tertiary/aromatic N) is 2. The number of ketones is 1. The first-order chi connectivity index (χ1) is 17.0. The molecule has 2 aromatic carbocycles. The van der Waals surface area contributed by atoms with Crippen LogP contribution in [-0.2, 0) is 22.6 Å². The Kier molecular flexibility index (Phi) is 7.40. The maximum atomic E-state index is 12.9. The molecule has 35 heavy (non-hydrogen) atoms. The van der Waals surface area contributed by atoms with Crippen LogP contribution in [0.5, 0.6) is 11.5 Å². The molecule has 2 amide bonds. The Labute approximate surface area is 203 Å². The number of pyridine rings is 1. The van der Waals surface area contributed by atoms with Crippen LogP contribution in [0.1, 0.15) is 35.3 Å². The number of carbonyl (C=O) groups is 3. The third-order valence-corrected chi connectivity index (χ3v) is 5.79. The van der Waals surface area contributed by atoms with Crippen LogP contribution in [0.3, 0.4) is 0 Å². The lowest BCUT2D eigenvalue weighted by Crippen LogP contribution is -2.51. The third kappa shape index (κ3) is 5.66. The van der Waals surface area contributed by atoms with Crippen LogP contribution < -0.4 is 19.7 Å². The van der Waals surface area contributed by atoms with Crippen LogP contribution >= 0.6 is 0 Å². The van der Waals surface area contributed by atoms with Crippen molar-refractivity contribution in [3.63, 3.8) is 0 Å². The zero-order valence-electron chi connectivity index (χ0n) is 19.7. The van der Waals surface area contributed by atoms with Gasteiger partial charge in [-0.15, -0.1) is 0 Å². The van der Waals surface area contributed by atoms with Gasteiger partial charge in [0.15, 0.2) is 19.0 Å². The molecule has 0 bridgehead atoms. The molecule has 1 aliphatic rings. The Morgan fingerprint density at radius 1 is 1.14 bits per heavy atom. The van der Waals surface area contributed by atoms with Crippen molar-refractivity contribution in [1.29, 1.82) is 0 Å². The average molecular weight is 474 g/mol. The molecule has 4 rings (SSSR count). The van der Waals surface area contributed by atoms with E-state index in [-0.39, 0.29) is 37.4 Å². The summed E-state index contributed by atoms with van der Waals surface area (Å²) >= 11 is 0. The van der Waals surface area contributed by atoms with Gasteiger partial charge < -0.3 is 14.8 Å². The number of hydrogen-bond donors (Lipinski definition) is 1. The summed E-state index contributed by atoms with van der Waals surface area (Å²) in [6, 6.07) is 15.3. The molecule has 1 unspecified atom stereocenters. The van der Waals surface area contributed by atoms with Crippen molar-refractivity contribution in [2.75, 3.05) is 18.1 Å². The second-order valence-electron chi connectivity index (χ2n) is 8.20. The lowest BCUT2D eigenvalue weighted by atomic mass is 10.1. The van der Waals surface area contributed by atoms with Gasteiger partial charge >= 0.3 is 0 Å². The number of anilines is 1. The molecule has 0 aliphatic carbocycles. The highest BCUT2D eigenvalue weighted by atomic mass is 16.5. The summed E-state index contributed by atoms with van der Waals surface area (Å²) in [6.07, 6.45) is 4.19. The van der Waals surface area contributed by atoms with Crippen LogP contribution in [0.4, 0.5) is 5.69 Å². The quantitative estimate of drug-likeness (QED) is 0.479. The van der Waals surface area contributed by atoms with E-state index in [1.54, 1.807) is 49.6 Å². The average Bonchev–Trinajstić information content (AvgIpc) is 2.90. The van der Waals surface area contributed by atoms with Gasteiger partial charge in [-0.05, 0) is 60.9 Å². The third-order valence-electron chi connectivity index (χ3n) is 5.79. The Balaban J connectivity index is 1.48. The molecular weight excluding hydrogens is 446 g/mol. The van der Waals surface area contributed by atoms with Crippen LogP contribution in [0.15, 0.2) is 67.0 Å². The van der Waals surface area contributed by atoms with Crippen molar-refractivity contribution < 1.29 is 23.9 Å². The molecule has 2 heterocycles. The minimum atomic E-state index is -0.805. The monoisotopic (exact) mass is 473 g/mol. The smallest absolute Gasteiger partial charge is 0.265 e. The number of benzene rings is 2. The van der Waals surface area contributed by atoms with Gasteiger partial charge in [-0.25, -0.2) is 0 Å². The van der Waals surface area contributed by atoms with E-state index >= 15 is 0 Å². The van der Waals surface area contributed by atoms with E-state index in [0.717, 1.165) is 17.5 Å². The first-order valence-corrected chi connectivity index (χ1v) is 11.5. The molecule has 3 aromatic rings. The standard InChI is InChI=1S/C27H27N3O5/c1-3-19-6-4-8-22(12-19)34-16-24(31)21-9-10-25-23(13-21)30(26(32)17-35-25)18(2)27(33)29-15-20-7-5-11-28-14-20/h4-14,18H,3,15-17H2,1-2H3,(H,29,33). The molecule has 0 spiro atoms. The second-order valence-corrected chi connectivity index (χ2v) is 8.20. The van der Waals surface area contributed by atoms with Crippen LogP contribution in [-0.4, -0.2) is 41.8 Å². The van der Waals surface area contributed by atoms with Gasteiger partial charge in [-0.3, -0.25) is 24.3 Å². The zero-order valence-corrected chi connectivity index (χ0v) is 19.7. The van der Waals surface area contributed by atoms with Gasteiger partial charge in [0, 0.05) is 24.5 Å². The van der Waals surface area contributed by atoms with E-state index in [4.69, 9.17) is 9.47 Å². The second kappa shape index (κ2) is 10.8. The Morgan fingerprint density at radius 2 is 1.97 bits per heavy atom. The molecule has 0 fully saturated rings. The number of nitrogens with one attached hydrogen (secondary N) is 1. The Bertz CT molecular complexity index is 1230. The topological polar surface area (TPSA) is 97.8 Å². The van der Waals surface area contributed by atoms with E-state index in [9.17, 15) is 14.4 Å². The fraction of sp³-hybridized carbons (Fsp3) is 0.259. The first-order valence-electron chi connectivity index (χ1n) is 11.5. The number of aryl methyl sites for hydroxylation is 1. The molecule has 8 heteroatoms. The maximum Gasteiger partial charge on any atom is 0.265 e. The SMILES string of the molecule is CCc1cccc(OCC(=O)c2ccc3c(c2)N(C(C)C(=O)NCc2cccnc2)C(=O)CO3)c1. The van der Waals surface area contributed by atoms with Crippen molar-refractivity contribution >= 4 is 23.3 Å². The molecule has 180 valence electrons. The number of Topliss-reactive ketones (excluding diaryl/α,β-unsaturated/α-hetero) is 1. The molecule has 1 N–H and O–H groups in total. The summed E-state index contributed by atoms with van der Waals surface area (Å²) in [5, 5.41) is 2.83. The van der Waals surface area contributed by atoms with E-state index in [1.807, 2.05) is 31.2 Å². The number of carbonyl (C=O) groups excluding carboxylic acids is 3. The lowest BCUT2D eigenvalue weighted by Gasteiger charge is -2.33. The van der Waals surface area contributed by atoms with Gasteiger partial charge in [0.1, 0.15) is 17.5 Å². The van der Waals surface area contributed by atoms with Crippen molar-refractivity contribution in [2.45, 2.75) is 32.9 Å². The molecule has 0 saturated heterocycles. The van der Waals surface area contributed by atoms with Gasteiger partial charge in [-0.2, -0.15) is 0 Å². The van der Waals surface area contributed by atoms with Gasteiger partial charge in [0.25, 0.3) is 5.91 Å². The number of amides is 2. The zero-order chi connectivity index (χ0) is 24.8. The van der Waals surface area contributed by atoms with Crippen molar-refractivity contribution in [3.8, 4) is 11.5 Å². The van der Waals surface area contributed by atoms with Crippen LogP contribution in [0, 0.1) is 0 Å². The highest BCUT2D eigenvalue weighted by Crippen LogP contribution is 2.34. The molecule has 8 nitrogen and oxygen atoms in total. The first kappa shape index (κ1) is 23.9. The van der Waals surface area contributed by atoms with Crippen molar-refractivity contribution in [2.24, 2.45) is 0 Å². The predicted octanol–water partition coefficient (Wildman–Crippen LogP) is 3.34. The fourth-order valence-corrected chi connectivity index (χ4v) is 3.81. The van der Waals surface area contributed by atoms with Gasteiger partial charge in [-0.1, -0.05) is 25.1 Å². The normalized spacial score (nSPS) is 13.4. The van der Waals surface area contributed by atoms with E-state index in [2.05, 4.69) is 10.3 Å². The minimum Gasteiger partial charge on any atom is -0.485 e. The number of rotatable bonds is 9.